The van der Waals surface area contributed by atoms with Gasteiger partial charge in [-0.15, -0.1) is 12.4 Å². The van der Waals surface area contributed by atoms with Crippen LogP contribution < -0.4 is 11.5 Å². The second-order valence-corrected chi connectivity index (χ2v) is 12.1. The van der Waals surface area contributed by atoms with E-state index in [0.29, 0.717) is 28.3 Å². The topological polar surface area (TPSA) is 138 Å². The van der Waals surface area contributed by atoms with Crippen molar-refractivity contribution >= 4 is 52.0 Å². The summed E-state index contributed by atoms with van der Waals surface area (Å²) < 4.78 is 39.8. The quantitative estimate of drug-likeness (QED) is 0.349. The SMILES string of the molecule is C.C[C@H]1OC[C@]2(c3cc([N+](=O)[O-])ccc3F)N=C(N)SC[C@H]12.C[C@H]1OC[C@]2(c3ccccc3F)N=C(N)SC[C@H]12.Cl. The first-order valence-corrected chi connectivity index (χ1v) is 14.4. The number of halogens is 3. The zero-order valence-corrected chi connectivity index (χ0v) is 24.2. The molecule has 9 nitrogen and oxygen atoms in total. The average molecular weight is 630 g/mol. The molecule has 2 fully saturated rings. The summed E-state index contributed by atoms with van der Waals surface area (Å²) in [6.07, 6.45) is -0.0260. The van der Waals surface area contributed by atoms with Crippen molar-refractivity contribution < 1.29 is 23.2 Å². The molecule has 2 saturated heterocycles. The van der Waals surface area contributed by atoms with Crippen LogP contribution in [0.15, 0.2) is 52.4 Å². The van der Waals surface area contributed by atoms with Crippen LogP contribution in [0.2, 0.25) is 0 Å². The number of benzene rings is 2. The van der Waals surface area contributed by atoms with Gasteiger partial charge in [0.05, 0.1) is 30.3 Å². The molecule has 41 heavy (non-hydrogen) atoms. The Balaban J connectivity index is 0.000000217. The molecule has 14 heteroatoms. The van der Waals surface area contributed by atoms with Gasteiger partial charge in [-0.05, 0) is 26.0 Å². The Labute approximate surface area is 252 Å². The third-order valence-electron chi connectivity index (χ3n) is 7.90. The van der Waals surface area contributed by atoms with Crippen molar-refractivity contribution in [1.29, 1.82) is 0 Å². The van der Waals surface area contributed by atoms with Crippen molar-refractivity contribution in [2.75, 3.05) is 24.7 Å². The third kappa shape index (κ3) is 5.92. The normalized spacial score (nSPS) is 31.6. The fourth-order valence-electron chi connectivity index (χ4n) is 5.77. The van der Waals surface area contributed by atoms with Gasteiger partial charge in [-0.3, -0.25) is 10.1 Å². The molecule has 6 atom stereocenters. The van der Waals surface area contributed by atoms with E-state index < -0.39 is 21.8 Å². The summed E-state index contributed by atoms with van der Waals surface area (Å²) in [5.41, 5.74) is 10.7. The average Bonchev–Trinajstić information content (AvgIpc) is 3.41. The van der Waals surface area contributed by atoms with Crippen molar-refractivity contribution in [2.45, 2.75) is 44.6 Å². The van der Waals surface area contributed by atoms with Crippen molar-refractivity contribution in [2.24, 2.45) is 33.3 Å². The fourth-order valence-corrected chi connectivity index (χ4v) is 8.02. The van der Waals surface area contributed by atoms with E-state index in [9.17, 15) is 18.9 Å². The van der Waals surface area contributed by atoms with E-state index in [4.69, 9.17) is 20.9 Å². The number of nitro groups is 1. The molecule has 224 valence electrons. The summed E-state index contributed by atoms with van der Waals surface area (Å²) in [4.78, 5) is 19.4. The summed E-state index contributed by atoms with van der Waals surface area (Å²) in [7, 11) is 0. The number of nitro benzene ring substituents is 1. The Hall–Kier alpha value is -2.45. The number of amidine groups is 2. The lowest BCUT2D eigenvalue weighted by molar-refractivity contribution is -0.385. The maximum atomic E-state index is 14.3. The Morgan fingerprint density at radius 2 is 1.39 bits per heavy atom. The largest absolute Gasteiger partial charge is 0.379 e. The first-order chi connectivity index (χ1) is 18.6. The molecule has 0 bridgehead atoms. The molecule has 4 heterocycles. The molecule has 0 unspecified atom stereocenters. The second-order valence-electron chi connectivity index (χ2n) is 10.0. The van der Waals surface area contributed by atoms with Gasteiger partial charge < -0.3 is 20.9 Å². The number of ether oxygens (including phenoxy) is 2. The number of hydrogen-bond donors (Lipinski definition) is 2. The van der Waals surface area contributed by atoms with E-state index in [-0.39, 0.29) is 67.6 Å². The Morgan fingerprint density at radius 1 is 0.902 bits per heavy atom. The summed E-state index contributed by atoms with van der Waals surface area (Å²) in [6, 6.07) is 10.3. The van der Waals surface area contributed by atoms with E-state index in [2.05, 4.69) is 9.98 Å². The second kappa shape index (κ2) is 12.8. The van der Waals surface area contributed by atoms with Crippen LogP contribution in [0.4, 0.5) is 14.5 Å². The number of non-ortho nitro benzene ring substituents is 1. The number of nitrogens with zero attached hydrogens (tertiary/aromatic N) is 3. The molecular weight excluding hydrogens is 596 g/mol. The third-order valence-corrected chi connectivity index (χ3v) is 9.73. The van der Waals surface area contributed by atoms with Crippen LogP contribution in [0.3, 0.4) is 0 Å². The van der Waals surface area contributed by atoms with Crippen LogP contribution in [-0.2, 0) is 20.6 Å². The molecule has 0 aromatic heterocycles. The van der Waals surface area contributed by atoms with E-state index in [0.717, 1.165) is 17.9 Å². The highest BCUT2D eigenvalue weighted by molar-refractivity contribution is 8.14. The number of aliphatic imine (C=N–C) groups is 2. The summed E-state index contributed by atoms with van der Waals surface area (Å²) in [5.74, 6) is 0.831. The van der Waals surface area contributed by atoms with Crippen LogP contribution >= 0.6 is 35.9 Å². The molecule has 0 saturated carbocycles. The molecule has 0 amide bonds. The van der Waals surface area contributed by atoms with Gasteiger partial charge >= 0.3 is 0 Å². The minimum atomic E-state index is -0.967. The van der Waals surface area contributed by atoms with E-state index in [1.165, 1.54) is 35.7 Å². The molecule has 4 aliphatic rings. The van der Waals surface area contributed by atoms with Gasteiger partial charge in [0, 0.05) is 46.6 Å². The van der Waals surface area contributed by atoms with Gasteiger partial charge in [-0.25, -0.2) is 18.8 Å². The van der Waals surface area contributed by atoms with Gasteiger partial charge in [-0.1, -0.05) is 49.1 Å². The first-order valence-electron chi connectivity index (χ1n) is 12.5. The van der Waals surface area contributed by atoms with Crippen molar-refractivity contribution in [1.82, 2.24) is 0 Å². The maximum Gasteiger partial charge on any atom is 0.270 e. The van der Waals surface area contributed by atoms with Gasteiger partial charge in [0.25, 0.3) is 5.69 Å². The predicted octanol–water partition coefficient (Wildman–Crippen LogP) is 5.20. The minimum Gasteiger partial charge on any atom is -0.379 e. The van der Waals surface area contributed by atoms with Crippen LogP contribution in [0.25, 0.3) is 0 Å². The van der Waals surface area contributed by atoms with Crippen LogP contribution in [0.1, 0.15) is 32.4 Å². The minimum absolute atomic E-state index is 0. The number of nitrogens with two attached hydrogens (primary N) is 2. The highest BCUT2D eigenvalue weighted by Gasteiger charge is 2.54. The molecule has 0 radical (unpaired) electrons. The maximum absolute atomic E-state index is 14.3. The Kier molecular flexibility index (Phi) is 10.3. The summed E-state index contributed by atoms with van der Waals surface area (Å²) in [6.45, 7) is 4.50. The fraction of sp³-hybridized carbons (Fsp3) is 0.481. The van der Waals surface area contributed by atoms with Crippen molar-refractivity contribution in [3.05, 3.63) is 75.3 Å². The molecular formula is C27H34ClF2N5O4S2. The van der Waals surface area contributed by atoms with Gasteiger partial charge in [0.1, 0.15) is 22.7 Å². The predicted molar refractivity (Wildman–Crippen MR) is 163 cm³/mol. The highest BCUT2D eigenvalue weighted by Crippen LogP contribution is 2.49. The number of hydrogen-bond acceptors (Lipinski definition) is 10. The number of thioether (sulfide) groups is 2. The molecule has 4 aliphatic heterocycles. The van der Waals surface area contributed by atoms with Crippen LogP contribution in [-0.4, -0.2) is 52.2 Å². The van der Waals surface area contributed by atoms with Gasteiger partial charge in [0.2, 0.25) is 0 Å². The standard InChI is InChI=1S/C13H14FN3O3S.C13H15FN2OS.CH4.ClH/c1-7-10-5-21-12(15)16-13(10,6-20-7)9-4-8(17(18)19)2-3-11(9)14;1-8-10-6-18-12(15)16-13(10,7-17-8)9-4-2-3-5-11(9)14;;/h2-4,7,10H,5-6H2,1H3,(H2,15,16);2-5,8,10H,6-7H2,1H3,(H2,15,16);1H4;1H/t7-,10-,13-;8-,10-,13-;;/m11../s1. The molecule has 4 N–H and O–H groups in total. The molecule has 0 spiro atoms. The van der Waals surface area contributed by atoms with E-state index in [1.807, 2.05) is 19.9 Å². The Morgan fingerprint density at radius 3 is 1.90 bits per heavy atom. The van der Waals surface area contributed by atoms with Crippen molar-refractivity contribution in [3.63, 3.8) is 0 Å². The smallest absolute Gasteiger partial charge is 0.270 e. The number of rotatable bonds is 3. The van der Waals surface area contributed by atoms with Gasteiger partial charge in [-0.2, -0.15) is 0 Å². The lowest BCUT2D eigenvalue weighted by Gasteiger charge is -2.35. The lowest BCUT2D eigenvalue weighted by atomic mass is 9.79. The highest BCUT2D eigenvalue weighted by atomic mass is 35.5. The molecule has 2 aromatic rings. The molecule has 6 rings (SSSR count). The summed E-state index contributed by atoms with van der Waals surface area (Å²) >= 11 is 2.92. The zero-order chi connectivity index (χ0) is 27.9. The number of fused-ring (bicyclic) bond motifs is 2. The van der Waals surface area contributed by atoms with Crippen LogP contribution in [0.5, 0.6) is 0 Å². The molecule has 0 aliphatic carbocycles. The Bertz CT molecular complexity index is 1350. The van der Waals surface area contributed by atoms with Gasteiger partial charge in [0.15, 0.2) is 10.3 Å². The summed E-state index contributed by atoms with van der Waals surface area (Å²) in [5, 5.41) is 11.8. The molecule has 2 aromatic carbocycles. The first kappa shape index (κ1) is 33.1. The zero-order valence-electron chi connectivity index (χ0n) is 21.8. The van der Waals surface area contributed by atoms with E-state index in [1.54, 1.807) is 12.1 Å². The van der Waals surface area contributed by atoms with Crippen molar-refractivity contribution in [3.8, 4) is 0 Å². The van der Waals surface area contributed by atoms with E-state index >= 15 is 0 Å². The monoisotopic (exact) mass is 629 g/mol. The lowest BCUT2D eigenvalue weighted by Crippen LogP contribution is -2.41. The van der Waals surface area contributed by atoms with Crippen LogP contribution in [0, 0.1) is 33.6 Å².